The summed E-state index contributed by atoms with van der Waals surface area (Å²) in [6.45, 7) is 4.24. The molecular weight excluding hydrogens is 254 g/mol. The fraction of sp³-hybridized carbons (Fsp3) is 0.917. The van der Waals surface area contributed by atoms with E-state index in [4.69, 9.17) is 0 Å². The molecule has 0 aromatic rings. The molecular formula is C12H22BrNO. The molecule has 1 aliphatic carbocycles. The van der Waals surface area contributed by atoms with Gasteiger partial charge >= 0.3 is 0 Å². The highest BCUT2D eigenvalue weighted by atomic mass is 79.9. The lowest BCUT2D eigenvalue weighted by Gasteiger charge is -2.25. The summed E-state index contributed by atoms with van der Waals surface area (Å²) in [7, 11) is 0. The van der Waals surface area contributed by atoms with Crippen LogP contribution < -0.4 is 5.32 Å². The maximum Gasteiger partial charge on any atom is 0.223 e. The van der Waals surface area contributed by atoms with Crippen molar-refractivity contribution in [3.63, 3.8) is 0 Å². The molecule has 15 heavy (non-hydrogen) atoms. The predicted molar refractivity (Wildman–Crippen MR) is 67.1 cm³/mol. The Kier molecular flexibility index (Phi) is 5.65. The number of hydrogen-bond acceptors (Lipinski definition) is 1. The summed E-state index contributed by atoms with van der Waals surface area (Å²) in [6, 6.07) is 0.277. The largest absolute Gasteiger partial charge is 0.353 e. The number of nitrogens with one attached hydrogen (secondary N) is 1. The number of hydrogen-bond donors (Lipinski definition) is 1. The molecule has 0 aromatic heterocycles. The number of amides is 1. The van der Waals surface area contributed by atoms with E-state index in [2.05, 4.69) is 35.1 Å². The van der Waals surface area contributed by atoms with Crippen LogP contribution >= 0.6 is 15.9 Å². The molecule has 1 fully saturated rings. The van der Waals surface area contributed by atoms with Crippen LogP contribution in [0.15, 0.2) is 0 Å². The van der Waals surface area contributed by atoms with E-state index in [1.54, 1.807) is 0 Å². The summed E-state index contributed by atoms with van der Waals surface area (Å²) in [6.07, 6.45) is 5.92. The lowest BCUT2D eigenvalue weighted by Crippen LogP contribution is -2.41. The number of alkyl halides is 1. The smallest absolute Gasteiger partial charge is 0.223 e. The van der Waals surface area contributed by atoms with Crippen LogP contribution in [0.3, 0.4) is 0 Å². The Morgan fingerprint density at radius 2 is 1.93 bits per heavy atom. The summed E-state index contributed by atoms with van der Waals surface area (Å²) in [4.78, 5) is 11.9. The molecule has 2 atom stereocenters. The summed E-state index contributed by atoms with van der Waals surface area (Å²) >= 11 is 3.45. The standard InChI is InChI=1S/C12H22BrNO/c1-9(8-13)10(2)14-12(15)11-6-4-3-5-7-11/h9-11H,3-8H2,1-2H3,(H,14,15). The predicted octanol–water partition coefficient (Wildman–Crippen LogP) is 3.10. The monoisotopic (exact) mass is 275 g/mol. The van der Waals surface area contributed by atoms with Crippen LogP contribution in [-0.4, -0.2) is 17.3 Å². The molecule has 0 heterocycles. The zero-order chi connectivity index (χ0) is 11.3. The second-order valence-electron chi connectivity index (χ2n) is 4.76. The van der Waals surface area contributed by atoms with E-state index in [1.807, 2.05) is 0 Å². The first-order valence-electron chi connectivity index (χ1n) is 6.01. The first kappa shape index (κ1) is 13.0. The highest BCUT2D eigenvalue weighted by Gasteiger charge is 2.23. The molecule has 1 amide bonds. The molecule has 3 heteroatoms. The third-order valence-corrected chi connectivity index (χ3v) is 4.46. The van der Waals surface area contributed by atoms with Gasteiger partial charge in [-0.25, -0.2) is 0 Å². The van der Waals surface area contributed by atoms with Gasteiger partial charge in [-0.2, -0.15) is 0 Å². The van der Waals surface area contributed by atoms with Gasteiger partial charge in [-0.05, 0) is 25.7 Å². The van der Waals surface area contributed by atoms with Gasteiger partial charge in [0.15, 0.2) is 0 Å². The highest BCUT2D eigenvalue weighted by molar-refractivity contribution is 9.09. The van der Waals surface area contributed by atoms with E-state index in [0.29, 0.717) is 5.92 Å². The molecule has 88 valence electrons. The topological polar surface area (TPSA) is 29.1 Å². The molecule has 0 aromatic carbocycles. The van der Waals surface area contributed by atoms with Gasteiger partial charge in [0.1, 0.15) is 0 Å². The first-order chi connectivity index (χ1) is 7.15. The molecule has 1 N–H and O–H groups in total. The minimum Gasteiger partial charge on any atom is -0.353 e. The number of carbonyl (C=O) groups excluding carboxylic acids is 1. The van der Waals surface area contributed by atoms with Crippen molar-refractivity contribution in [1.29, 1.82) is 0 Å². The molecule has 1 rings (SSSR count). The minimum absolute atomic E-state index is 0.273. The van der Waals surface area contributed by atoms with Crippen LogP contribution in [0.4, 0.5) is 0 Å². The van der Waals surface area contributed by atoms with Crippen LogP contribution in [0.5, 0.6) is 0 Å². The van der Waals surface area contributed by atoms with Crippen molar-refractivity contribution >= 4 is 21.8 Å². The Labute approximate surface area is 101 Å². The van der Waals surface area contributed by atoms with Gasteiger partial charge in [-0.1, -0.05) is 42.1 Å². The number of carbonyl (C=O) groups is 1. The Balaban J connectivity index is 2.33. The van der Waals surface area contributed by atoms with Crippen molar-refractivity contribution in [2.75, 3.05) is 5.33 Å². The molecule has 0 radical (unpaired) electrons. The summed E-state index contributed by atoms with van der Waals surface area (Å²) in [5.74, 6) is 1.05. The van der Waals surface area contributed by atoms with E-state index in [1.165, 1.54) is 19.3 Å². The molecule has 0 spiro atoms. The van der Waals surface area contributed by atoms with Crippen molar-refractivity contribution in [2.45, 2.75) is 52.0 Å². The Morgan fingerprint density at radius 3 is 2.47 bits per heavy atom. The van der Waals surface area contributed by atoms with E-state index >= 15 is 0 Å². The minimum atomic E-state index is 0.273. The van der Waals surface area contributed by atoms with Crippen LogP contribution in [0.1, 0.15) is 46.0 Å². The van der Waals surface area contributed by atoms with E-state index < -0.39 is 0 Å². The van der Waals surface area contributed by atoms with Crippen LogP contribution in [0, 0.1) is 11.8 Å². The molecule has 0 saturated heterocycles. The first-order valence-corrected chi connectivity index (χ1v) is 7.13. The van der Waals surface area contributed by atoms with Crippen molar-refractivity contribution in [3.8, 4) is 0 Å². The zero-order valence-corrected chi connectivity index (χ0v) is 11.3. The van der Waals surface area contributed by atoms with Gasteiger partial charge in [0, 0.05) is 17.3 Å². The molecule has 0 bridgehead atoms. The average molecular weight is 276 g/mol. The summed E-state index contributed by atoms with van der Waals surface area (Å²) < 4.78 is 0. The highest BCUT2D eigenvalue weighted by Crippen LogP contribution is 2.24. The Hall–Kier alpha value is -0.0500. The fourth-order valence-corrected chi connectivity index (χ4v) is 2.54. The van der Waals surface area contributed by atoms with E-state index in [9.17, 15) is 4.79 Å². The second-order valence-corrected chi connectivity index (χ2v) is 5.41. The Morgan fingerprint density at radius 1 is 1.33 bits per heavy atom. The molecule has 1 aliphatic rings. The van der Waals surface area contributed by atoms with Gasteiger partial charge in [-0.15, -0.1) is 0 Å². The molecule has 2 nitrogen and oxygen atoms in total. The van der Waals surface area contributed by atoms with Crippen molar-refractivity contribution < 1.29 is 4.79 Å². The fourth-order valence-electron chi connectivity index (χ4n) is 1.98. The van der Waals surface area contributed by atoms with Crippen molar-refractivity contribution in [2.24, 2.45) is 11.8 Å². The van der Waals surface area contributed by atoms with Gasteiger partial charge in [-0.3, -0.25) is 4.79 Å². The van der Waals surface area contributed by atoms with Gasteiger partial charge < -0.3 is 5.32 Å². The van der Waals surface area contributed by atoms with E-state index in [0.717, 1.165) is 18.2 Å². The third-order valence-electron chi connectivity index (χ3n) is 3.44. The molecule has 0 aliphatic heterocycles. The van der Waals surface area contributed by atoms with E-state index in [-0.39, 0.29) is 17.9 Å². The average Bonchev–Trinajstić information content (AvgIpc) is 2.29. The maximum absolute atomic E-state index is 11.9. The molecule has 1 saturated carbocycles. The number of halogens is 1. The van der Waals surface area contributed by atoms with Gasteiger partial charge in [0.05, 0.1) is 0 Å². The summed E-state index contributed by atoms with van der Waals surface area (Å²) in [5.41, 5.74) is 0. The lowest BCUT2D eigenvalue weighted by atomic mass is 9.88. The number of rotatable bonds is 4. The van der Waals surface area contributed by atoms with Crippen LogP contribution in [-0.2, 0) is 4.79 Å². The zero-order valence-electron chi connectivity index (χ0n) is 9.76. The normalized spacial score (nSPS) is 22.1. The Bertz CT molecular complexity index is 202. The quantitative estimate of drug-likeness (QED) is 0.785. The van der Waals surface area contributed by atoms with Crippen LogP contribution in [0.2, 0.25) is 0 Å². The van der Waals surface area contributed by atoms with Crippen LogP contribution in [0.25, 0.3) is 0 Å². The third kappa shape index (κ3) is 4.13. The SMILES string of the molecule is CC(CBr)C(C)NC(=O)C1CCCCC1. The van der Waals surface area contributed by atoms with Gasteiger partial charge in [0.2, 0.25) is 5.91 Å². The van der Waals surface area contributed by atoms with Crippen molar-refractivity contribution in [1.82, 2.24) is 5.32 Å². The maximum atomic E-state index is 11.9. The second kappa shape index (κ2) is 6.51. The lowest BCUT2D eigenvalue weighted by molar-refractivity contribution is -0.126. The molecule has 2 unspecified atom stereocenters. The van der Waals surface area contributed by atoms with Gasteiger partial charge in [0.25, 0.3) is 0 Å². The van der Waals surface area contributed by atoms with Crippen molar-refractivity contribution in [3.05, 3.63) is 0 Å². The summed E-state index contributed by atoms with van der Waals surface area (Å²) in [5, 5.41) is 4.07.